The Hall–Kier alpha value is -3.74. The highest BCUT2D eigenvalue weighted by molar-refractivity contribution is 5.84. The van der Waals surface area contributed by atoms with E-state index < -0.39 is 6.17 Å². The second-order valence-electron chi connectivity index (χ2n) is 6.58. The summed E-state index contributed by atoms with van der Waals surface area (Å²) in [6.07, 6.45) is 3.85. The maximum absolute atomic E-state index is 15.3. The molecule has 5 rings (SSSR count). The van der Waals surface area contributed by atoms with Gasteiger partial charge >= 0.3 is 0 Å². The van der Waals surface area contributed by atoms with Gasteiger partial charge in [-0.05, 0) is 48.9 Å². The molecule has 0 bridgehead atoms. The van der Waals surface area contributed by atoms with E-state index in [1.807, 2.05) is 37.3 Å². The molecule has 0 amide bonds. The van der Waals surface area contributed by atoms with Crippen LogP contribution in [-0.2, 0) is 0 Å². The van der Waals surface area contributed by atoms with E-state index in [1.165, 1.54) is 4.52 Å². The van der Waals surface area contributed by atoms with Gasteiger partial charge in [0.2, 0.25) is 0 Å². The summed E-state index contributed by atoms with van der Waals surface area (Å²) in [6.45, 7) is 1.85. The molecule has 0 aliphatic heterocycles. The minimum atomic E-state index is -1.45. The lowest BCUT2D eigenvalue weighted by Gasteiger charge is -2.09. The lowest BCUT2D eigenvalue weighted by Crippen LogP contribution is -2.04. The SMILES string of the molecule is Cc1ccc2nnc(C(F)c3ccc4ncc(-c5cccnc5)cc4c3)n2n1. The Balaban J connectivity index is 1.59. The molecule has 0 N–H and O–H groups in total. The first-order valence-corrected chi connectivity index (χ1v) is 8.82. The molecule has 0 spiro atoms. The van der Waals surface area contributed by atoms with Crippen molar-refractivity contribution in [1.82, 2.24) is 29.8 Å². The number of alkyl halides is 1. The monoisotopic (exact) mass is 370 g/mol. The maximum atomic E-state index is 15.3. The van der Waals surface area contributed by atoms with E-state index in [2.05, 4.69) is 25.3 Å². The van der Waals surface area contributed by atoms with Gasteiger partial charge in [0.1, 0.15) is 0 Å². The van der Waals surface area contributed by atoms with Crippen molar-refractivity contribution in [1.29, 1.82) is 0 Å². The molecule has 1 unspecified atom stereocenters. The molecule has 1 atom stereocenters. The van der Waals surface area contributed by atoms with Crippen molar-refractivity contribution in [3.05, 3.63) is 84.2 Å². The molecule has 0 fully saturated rings. The second kappa shape index (κ2) is 6.45. The van der Waals surface area contributed by atoms with Crippen molar-refractivity contribution in [2.24, 2.45) is 0 Å². The molecule has 0 aliphatic rings. The number of halogens is 1. The minimum absolute atomic E-state index is 0.162. The van der Waals surface area contributed by atoms with Crippen LogP contribution in [0.1, 0.15) is 23.3 Å². The van der Waals surface area contributed by atoms with Crippen molar-refractivity contribution in [3.63, 3.8) is 0 Å². The van der Waals surface area contributed by atoms with Crippen LogP contribution in [0.5, 0.6) is 0 Å². The number of nitrogens with zero attached hydrogens (tertiary/aromatic N) is 6. The van der Waals surface area contributed by atoms with Crippen LogP contribution in [0.4, 0.5) is 4.39 Å². The zero-order valence-electron chi connectivity index (χ0n) is 15.0. The fourth-order valence-corrected chi connectivity index (χ4v) is 3.20. The zero-order chi connectivity index (χ0) is 19.1. The number of rotatable bonds is 3. The highest BCUT2D eigenvalue weighted by Gasteiger charge is 2.21. The topological polar surface area (TPSA) is 68.9 Å². The average Bonchev–Trinajstić information content (AvgIpc) is 3.16. The molecule has 1 aromatic carbocycles. The predicted molar refractivity (Wildman–Crippen MR) is 103 cm³/mol. The standard InChI is InChI=1S/C21H15FN6/c1-13-4-7-19-25-26-21(28(19)27-13)20(22)14-5-6-18-16(9-14)10-17(12-24-18)15-3-2-8-23-11-15/h2-12,20H,1H3. The third kappa shape index (κ3) is 2.77. The van der Waals surface area contributed by atoms with E-state index in [1.54, 1.807) is 36.8 Å². The number of pyridine rings is 2. The van der Waals surface area contributed by atoms with Crippen LogP contribution in [0.15, 0.2) is 67.1 Å². The summed E-state index contributed by atoms with van der Waals surface area (Å²) in [6, 6.07) is 14.8. The Morgan fingerprint density at radius 3 is 2.75 bits per heavy atom. The van der Waals surface area contributed by atoms with E-state index in [9.17, 15) is 0 Å². The Morgan fingerprint density at radius 1 is 0.964 bits per heavy atom. The van der Waals surface area contributed by atoms with E-state index in [0.29, 0.717) is 11.2 Å². The molecule has 5 aromatic rings. The van der Waals surface area contributed by atoms with E-state index >= 15 is 4.39 Å². The molecule has 0 saturated carbocycles. The van der Waals surface area contributed by atoms with Crippen molar-refractivity contribution >= 4 is 16.6 Å². The average molecular weight is 370 g/mol. The number of benzene rings is 1. The van der Waals surface area contributed by atoms with Crippen molar-refractivity contribution in [2.75, 3.05) is 0 Å². The van der Waals surface area contributed by atoms with Crippen molar-refractivity contribution < 1.29 is 4.39 Å². The van der Waals surface area contributed by atoms with Gasteiger partial charge in [-0.25, -0.2) is 4.39 Å². The van der Waals surface area contributed by atoms with Gasteiger partial charge in [0.25, 0.3) is 0 Å². The predicted octanol–water partition coefficient (Wildman–Crippen LogP) is 4.10. The lowest BCUT2D eigenvalue weighted by atomic mass is 10.0. The Labute approximate surface area is 159 Å². The van der Waals surface area contributed by atoms with Gasteiger partial charge in [0.15, 0.2) is 17.6 Å². The van der Waals surface area contributed by atoms with Gasteiger partial charge in [-0.3, -0.25) is 9.97 Å². The number of fused-ring (bicyclic) bond motifs is 2. The molecule has 0 saturated heterocycles. The number of aromatic nitrogens is 6. The first-order chi connectivity index (χ1) is 13.7. The van der Waals surface area contributed by atoms with Crippen LogP contribution in [0.2, 0.25) is 0 Å². The van der Waals surface area contributed by atoms with E-state index in [0.717, 1.165) is 27.7 Å². The summed E-state index contributed by atoms with van der Waals surface area (Å²) in [5.41, 5.74) is 4.45. The van der Waals surface area contributed by atoms with Crippen molar-refractivity contribution in [3.8, 4) is 11.1 Å². The summed E-state index contributed by atoms with van der Waals surface area (Å²) >= 11 is 0. The van der Waals surface area contributed by atoms with Crippen LogP contribution in [-0.4, -0.2) is 29.8 Å². The molecular formula is C21H15FN6. The van der Waals surface area contributed by atoms with Crippen LogP contribution in [0.3, 0.4) is 0 Å². The first-order valence-electron chi connectivity index (χ1n) is 8.82. The molecule has 136 valence electrons. The highest BCUT2D eigenvalue weighted by atomic mass is 19.1. The molecule has 7 heteroatoms. The Morgan fingerprint density at radius 2 is 1.89 bits per heavy atom. The third-order valence-electron chi connectivity index (χ3n) is 4.64. The third-order valence-corrected chi connectivity index (χ3v) is 4.64. The number of hydrogen-bond donors (Lipinski definition) is 0. The molecule has 6 nitrogen and oxygen atoms in total. The highest BCUT2D eigenvalue weighted by Crippen LogP contribution is 2.29. The van der Waals surface area contributed by atoms with E-state index in [4.69, 9.17) is 0 Å². The Kier molecular flexibility index (Phi) is 3.79. The molecule has 4 heterocycles. The minimum Gasteiger partial charge on any atom is -0.264 e. The van der Waals surface area contributed by atoms with Gasteiger partial charge in [0.05, 0.1) is 11.2 Å². The van der Waals surface area contributed by atoms with Crippen LogP contribution in [0.25, 0.3) is 27.7 Å². The first kappa shape index (κ1) is 16.4. The zero-order valence-corrected chi connectivity index (χ0v) is 15.0. The molecule has 4 aromatic heterocycles. The smallest absolute Gasteiger partial charge is 0.193 e. The van der Waals surface area contributed by atoms with Gasteiger partial charge in [-0.2, -0.15) is 9.61 Å². The quantitative estimate of drug-likeness (QED) is 0.478. The summed E-state index contributed by atoms with van der Waals surface area (Å²) in [4.78, 5) is 8.63. The molecular weight excluding hydrogens is 355 g/mol. The fourth-order valence-electron chi connectivity index (χ4n) is 3.20. The van der Waals surface area contributed by atoms with E-state index in [-0.39, 0.29) is 5.82 Å². The summed E-state index contributed by atoms with van der Waals surface area (Å²) in [5.74, 6) is 0.162. The molecule has 0 aliphatic carbocycles. The molecule has 28 heavy (non-hydrogen) atoms. The maximum Gasteiger partial charge on any atom is 0.193 e. The van der Waals surface area contributed by atoms with Crippen molar-refractivity contribution in [2.45, 2.75) is 13.1 Å². The largest absolute Gasteiger partial charge is 0.264 e. The summed E-state index contributed by atoms with van der Waals surface area (Å²) < 4.78 is 16.8. The number of hydrogen-bond acceptors (Lipinski definition) is 5. The van der Waals surface area contributed by atoms with Crippen LogP contribution < -0.4 is 0 Å². The summed E-state index contributed by atoms with van der Waals surface area (Å²) in [7, 11) is 0. The van der Waals surface area contributed by atoms with Crippen LogP contribution >= 0.6 is 0 Å². The van der Waals surface area contributed by atoms with Gasteiger partial charge in [-0.1, -0.05) is 12.1 Å². The van der Waals surface area contributed by atoms with Gasteiger partial charge in [-0.15, -0.1) is 10.2 Å². The normalized spacial score (nSPS) is 12.5. The van der Waals surface area contributed by atoms with Gasteiger partial charge < -0.3 is 0 Å². The fraction of sp³-hybridized carbons (Fsp3) is 0.0952. The lowest BCUT2D eigenvalue weighted by molar-refractivity contribution is 0.377. The Bertz CT molecular complexity index is 1300. The van der Waals surface area contributed by atoms with Crippen LogP contribution in [0, 0.1) is 6.92 Å². The second-order valence-corrected chi connectivity index (χ2v) is 6.58. The summed E-state index contributed by atoms with van der Waals surface area (Å²) in [5, 5.41) is 13.2. The molecule has 0 radical (unpaired) electrons. The van der Waals surface area contributed by atoms with Gasteiger partial charge in [0, 0.05) is 35.1 Å². The number of aryl methyl sites for hydroxylation is 1.